The van der Waals surface area contributed by atoms with Crippen LogP contribution >= 0.6 is 0 Å². The van der Waals surface area contributed by atoms with E-state index in [1.807, 2.05) is 19.2 Å². The first kappa shape index (κ1) is 13.5. The number of anilines is 1. The molecule has 0 bridgehead atoms. The van der Waals surface area contributed by atoms with E-state index >= 15 is 0 Å². The molecule has 0 spiro atoms. The van der Waals surface area contributed by atoms with Crippen LogP contribution in [0, 0.1) is 6.92 Å². The Kier molecular flexibility index (Phi) is 3.79. The maximum atomic E-state index is 5.48. The lowest BCUT2D eigenvalue weighted by molar-refractivity contribution is 0.398. The molecular formula is C15H20N2O2. The Morgan fingerprint density at radius 2 is 1.95 bits per heavy atom. The summed E-state index contributed by atoms with van der Waals surface area (Å²) in [5, 5.41) is 4.26. The Balaban J connectivity index is 2.89. The van der Waals surface area contributed by atoms with Gasteiger partial charge in [-0.1, -0.05) is 6.92 Å². The van der Waals surface area contributed by atoms with E-state index in [0.29, 0.717) is 0 Å². The number of hydrogen-bond donors (Lipinski definition) is 1. The molecule has 0 atom stereocenters. The number of ether oxygens (including phenoxy) is 2. The molecule has 0 amide bonds. The van der Waals surface area contributed by atoms with Crippen molar-refractivity contribution in [3.05, 3.63) is 23.4 Å². The van der Waals surface area contributed by atoms with Crippen molar-refractivity contribution in [2.45, 2.75) is 20.3 Å². The lowest BCUT2D eigenvalue weighted by Gasteiger charge is -2.16. The lowest BCUT2D eigenvalue weighted by Crippen LogP contribution is -2.02. The highest BCUT2D eigenvalue weighted by Gasteiger charge is 2.15. The van der Waals surface area contributed by atoms with Crippen LogP contribution in [0.5, 0.6) is 11.5 Å². The molecule has 102 valence electrons. The maximum Gasteiger partial charge on any atom is 0.134 e. The second-order valence-electron chi connectivity index (χ2n) is 4.39. The number of nitrogens with zero attached hydrogens (tertiary/aromatic N) is 1. The minimum atomic E-state index is 0.754. The zero-order chi connectivity index (χ0) is 14.0. The highest BCUT2D eigenvalue weighted by Crippen LogP contribution is 2.37. The third-order valence-corrected chi connectivity index (χ3v) is 3.41. The van der Waals surface area contributed by atoms with E-state index < -0.39 is 0 Å². The number of fused-ring (bicyclic) bond motifs is 1. The zero-order valence-electron chi connectivity index (χ0n) is 12.1. The molecule has 1 aromatic carbocycles. The molecule has 0 saturated heterocycles. The number of rotatable bonds is 4. The molecule has 4 nitrogen and oxygen atoms in total. The summed E-state index contributed by atoms with van der Waals surface area (Å²) < 4.78 is 10.8. The molecule has 0 aliphatic heterocycles. The van der Waals surface area contributed by atoms with Crippen molar-refractivity contribution in [2.24, 2.45) is 0 Å². The first-order valence-corrected chi connectivity index (χ1v) is 6.39. The van der Waals surface area contributed by atoms with Gasteiger partial charge in [-0.3, -0.25) is 4.98 Å². The molecule has 4 heteroatoms. The number of aryl methyl sites for hydroxylation is 1. The Morgan fingerprint density at radius 3 is 2.47 bits per heavy atom. The van der Waals surface area contributed by atoms with Gasteiger partial charge in [0.15, 0.2) is 0 Å². The number of benzene rings is 1. The molecule has 1 heterocycles. The smallest absolute Gasteiger partial charge is 0.134 e. The molecule has 0 saturated carbocycles. The van der Waals surface area contributed by atoms with Crippen LogP contribution in [0.2, 0.25) is 0 Å². The number of pyridine rings is 1. The summed E-state index contributed by atoms with van der Waals surface area (Å²) in [4.78, 5) is 4.72. The lowest BCUT2D eigenvalue weighted by atomic mass is 10.0. The summed E-state index contributed by atoms with van der Waals surface area (Å²) in [6, 6.07) is 3.83. The quantitative estimate of drug-likeness (QED) is 0.917. The van der Waals surface area contributed by atoms with Gasteiger partial charge >= 0.3 is 0 Å². The van der Waals surface area contributed by atoms with Crippen molar-refractivity contribution in [1.29, 1.82) is 0 Å². The van der Waals surface area contributed by atoms with Gasteiger partial charge in [-0.05, 0) is 18.9 Å². The van der Waals surface area contributed by atoms with Gasteiger partial charge in [0.1, 0.15) is 11.5 Å². The molecule has 1 N–H and O–H groups in total. The first-order chi connectivity index (χ1) is 9.15. The van der Waals surface area contributed by atoms with Crippen LogP contribution in [0.1, 0.15) is 18.2 Å². The minimum Gasteiger partial charge on any atom is -0.497 e. The summed E-state index contributed by atoms with van der Waals surface area (Å²) in [5.41, 5.74) is 4.22. The van der Waals surface area contributed by atoms with E-state index in [4.69, 9.17) is 14.5 Å². The van der Waals surface area contributed by atoms with E-state index in [-0.39, 0.29) is 0 Å². The predicted molar refractivity (Wildman–Crippen MR) is 78.5 cm³/mol. The summed E-state index contributed by atoms with van der Waals surface area (Å²) in [6.07, 6.45) is 0.899. The van der Waals surface area contributed by atoms with Crippen LogP contribution in [-0.4, -0.2) is 26.3 Å². The fourth-order valence-electron chi connectivity index (χ4n) is 2.41. The Hall–Kier alpha value is -1.97. The molecule has 0 unspecified atom stereocenters. The third kappa shape index (κ3) is 2.18. The van der Waals surface area contributed by atoms with E-state index in [9.17, 15) is 0 Å². The van der Waals surface area contributed by atoms with E-state index in [1.54, 1.807) is 14.2 Å². The van der Waals surface area contributed by atoms with Crippen LogP contribution in [-0.2, 0) is 6.42 Å². The fraction of sp³-hybridized carbons (Fsp3) is 0.400. The fourth-order valence-corrected chi connectivity index (χ4v) is 2.41. The molecule has 0 aliphatic rings. The van der Waals surface area contributed by atoms with Crippen molar-refractivity contribution in [1.82, 2.24) is 4.98 Å². The predicted octanol–water partition coefficient (Wildman–Crippen LogP) is 3.16. The second kappa shape index (κ2) is 5.34. The summed E-state index contributed by atoms with van der Waals surface area (Å²) in [5.74, 6) is 1.53. The van der Waals surface area contributed by atoms with Gasteiger partial charge in [0.05, 0.1) is 30.8 Å². The van der Waals surface area contributed by atoms with Crippen LogP contribution in [0.25, 0.3) is 10.9 Å². The van der Waals surface area contributed by atoms with Crippen molar-refractivity contribution >= 4 is 16.6 Å². The maximum absolute atomic E-state index is 5.48. The average Bonchev–Trinajstić information content (AvgIpc) is 2.45. The van der Waals surface area contributed by atoms with Gasteiger partial charge in [-0.2, -0.15) is 0 Å². The van der Waals surface area contributed by atoms with Crippen molar-refractivity contribution in [2.75, 3.05) is 26.6 Å². The van der Waals surface area contributed by atoms with E-state index in [0.717, 1.165) is 40.2 Å². The molecule has 1 aromatic heterocycles. The Labute approximate surface area is 113 Å². The molecule has 0 radical (unpaired) electrons. The zero-order valence-corrected chi connectivity index (χ0v) is 12.1. The van der Waals surface area contributed by atoms with Gasteiger partial charge in [0.2, 0.25) is 0 Å². The molecule has 2 rings (SSSR count). The van der Waals surface area contributed by atoms with E-state index in [2.05, 4.69) is 19.2 Å². The van der Waals surface area contributed by atoms with Gasteiger partial charge in [-0.15, -0.1) is 0 Å². The van der Waals surface area contributed by atoms with Gasteiger partial charge in [-0.25, -0.2) is 0 Å². The van der Waals surface area contributed by atoms with Crippen LogP contribution < -0.4 is 14.8 Å². The van der Waals surface area contributed by atoms with Crippen molar-refractivity contribution < 1.29 is 9.47 Å². The van der Waals surface area contributed by atoms with Crippen molar-refractivity contribution in [3.8, 4) is 11.5 Å². The van der Waals surface area contributed by atoms with Crippen molar-refractivity contribution in [3.63, 3.8) is 0 Å². The molecule has 19 heavy (non-hydrogen) atoms. The molecular weight excluding hydrogens is 240 g/mol. The topological polar surface area (TPSA) is 43.4 Å². The highest BCUT2D eigenvalue weighted by atomic mass is 16.5. The van der Waals surface area contributed by atoms with Gasteiger partial charge in [0.25, 0.3) is 0 Å². The molecule has 0 aliphatic carbocycles. The molecule has 0 fully saturated rings. The number of hydrogen-bond acceptors (Lipinski definition) is 4. The van der Waals surface area contributed by atoms with Crippen LogP contribution in [0.15, 0.2) is 12.1 Å². The Bertz CT molecular complexity index is 609. The van der Waals surface area contributed by atoms with Crippen LogP contribution in [0.4, 0.5) is 5.69 Å². The normalized spacial score (nSPS) is 10.6. The minimum absolute atomic E-state index is 0.754. The standard InChI is InChI=1S/C15H20N2O2/c1-6-11-9(2)15(16-3)14-12(17-11)7-10(18-4)8-13(14)19-5/h7-8H,6H2,1-5H3,(H,16,17). The third-order valence-electron chi connectivity index (χ3n) is 3.41. The summed E-state index contributed by atoms with van der Waals surface area (Å²) in [6.45, 7) is 4.19. The number of aromatic nitrogens is 1. The van der Waals surface area contributed by atoms with Gasteiger partial charge < -0.3 is 14.8 Å². The molecule has 2 aromatic rings. The Morgan fingerprint density at radius 1 is 1.21 bits per heavy atom. The van der Waals surface area contributed by atoms with Gasteiger partial charge in [0, 0.05) is 24.9 Å². The summed E-state index contributed by atoms with van der Waals surface area (Å²) >= 11 is 0. The highest BCUT2D eigenvalue weighted by molar-refractivity contribution is 5.99. The second-order valence-corrected chi connectivity index (χ2v) is 4.39. The number of nitrogens with one attached hydrogen (secondary N) is 1. The SMILES string of the molecule is CCc1nc2cc(OC)cc(OC)c2c(NC)c1C. The first-order valence-electron chi connectivity index (χ1n) is 6.39. The average molecular weight is 260 g/mol. The summed E-state index contributed by atoms with van der Waals surface area (Å²) in [7, 11) is 5.23. The monoisotopic (exact) mass is 260 g/mol. The van der Waals surface area contributed by atoms with E-state index in [1.165, 1.54) is 5.56 Å². The largest absolute Gasteiger partial charge is 0.497 e. The number of methoxy groups -OCH3 is 2. The van der Waals surface area contributed by atoms with Crippen LogP contribution in [0.3, 0.4) is 0 Å².